The summed E-state index contributed by atoms with van der Waals surface area (Å²) in [5.41, 5.74) is -1.02. The molecule has 1 atom stereocenters. The van der Waals surface area contributed by atoms with Crippen LogP contribution in [-0.4, -0.2) is 22.3 Å². The SMILES string of the molecule is CCCCC[C@H](O)C(C)(C)C(=O)O. The molecule has 0 radical (unpaired) electrons. The van der Waals surface area contributed by atoms with Gasteiger partial charge in [0.15, 0.2) is 0 Å². The van der Waals surface area contributed by atoms with Gasteiger partial charge in [-0.15, -0.1) is 0 Å². The quantitative estimate of drug-likeness (QED) is 0.627. The van der Waals surface area contributed by atoms with E-state index in [1.54, 1.807) is 13.8 Å². The molecule has 2 N–H and O–H groups in total. The summed E-state index contributed by atoms with van der Waals surface area (Å²) >= 11 is 0. The number of aliphatic hydroxyl groups excluding tert-OH is 1. The third-order valence-corrected chi connectivity index (χ3v) is 2.47. The number of aliphatic hydroxyl groups is 1. The standard InChI is InChI=1S/C10H20O3/c1-4-5-6-7-8(11)10(2,3)9(12)13/h8,11H,4-7H2,1-3H3,(H,12,13)/t8-/m0/s1. The van der Waals surface area contributed by atoms with Crippen molar-refractivity contribution in [3.05, 3.63) is 0 Å². The second-order valence-corrected chi connectivity index (χ2v) is 4.04. The van der Waals surface area contributed by atoms with Gasteiger partial charge in [-0.25, -0.2) is 0 Å². The van der Waals surface area contributed by atoms with Crippen molar-refractivity contribution in [3.8, 4) is 0 Å². The fourth-order valence-electron chi connectivity index (χ4n) is 1.09. The van der Waals surface area contributed by atoms with Gasteiger partial charge in [-0.1, -0.05) is 26.2 Å². The molecule has 0 unspecified atom stereocenters. The Kier molecular flexibility index (Phi) is 4.99. The fourth-order valence-corrected chi connectivity index (χ4v) is 1.09. The monoisotopic (exact) mass is 188 g/mol. The molecule has 3 nitrogen and oxygen atoms in total. The Balaban J connectivity index is 3.94. The number of aliphatic carboxylic acids is 1. The highest BCUT2D eigenvalue weighted by Gasteiger charge is 2.34. The van der Waals surface area contributed by atoms with Gasteiger partial charge in [-0.3, -0.25) is 4.79 Å². The Morgan fingerprint density at radius 3 is 2.31 bits per heavy atom. The zero-order valence-electron chi connectivity index (χ0n) is 8.71. The number of rotatable bonds is 6. The van der Waals surface area contributed by atoms with E-state index < -0.39 is 17.5 Å². The first-order valence-electron chi connectivity index (χ1n) is 4.84. The lowest BCUT2D eigenvalue weighted by Gasteiger charge is -2.25. The second kappa shape index (κ2) is 5.22. The van der Waals surface area contributed by atoms with Crippen LogP contribution in [0.3, 0.4) is 0 Å². The minimum Gasteiger partial charge on any atom is -0.481 e. The minimum absolute atomic E-state index is 0.577. The summed E-state index contributed by atoms with van der Waals surface area (Å²) in [7, 11) is 0. The predicted molar refractivity (Wildman–Crippen MR) is 51.6 cm³/mol. The van der Waals surface area contributed by atoms with Crippen molar-refractivity contribution in [3.63, 3.8) is 0 Å². The number of carboxylic acid groups (broad SMARTS) is 1. The average Bonchev–Trinajstić information content (AvgIpc) is 2.04. The molecule has 3 heteroatoms. The van der Waals surface area contributed by atoms with Crippen LogP contribution in [0.25, 0.3) is 0 Å². The van der Waals surface area contributed by atoms with Gasteiger partial charge < -0.3 is 10.2 Å². The van der Waals surface area contributed by atoms with E-state index in [0.717, 1.165) is 19.3 Å². The Hall–Kier alpha value is -0.570. The molecule has 0 spiro atoms. The smallest absolute Gasteiger partial charge is 0.311 e. The molecule has 0 aromatic carbocycles. The number of hydrogen-bond donors (Lipinski definition) is 2. The molecule has 78 valence electrons. The van der Waals surface area contributed by atoms with Crippen molar-refractivity contribution < 1.29 is 15.0 Å². The Morgan fingerprint density at radius 1 is 1.38 bits per heavy atom. The number of unbranched alkanes of at least 4 members (excludes halogenated alkanes) is 2. The highest BCUT2D eigenvalue weighted by Crippen LogP contribution is 2.24. The molecule has 0 aliphatic carbocycles. The van der Waals surface area contributed by atoms with Crippen LogP contribution in [0.1, 0.15) is 46.5 Å². The van der Waals surface area contributed by atoms with E-state index in [1.807, 2.05) is 0 Å². The molecule has 0 aliphatic heterocycles. The maximum atomic E-state index is 10.7. The molecule has 0 heterocycles. The minimum atomic E-state index is -1.02. The van der Waals surface area contributed by atoms with E-state index in [-0.39, 0.29) is 0 Å². The van der Waals surface area contributed by atoms with E-state index in [9.17, 15) is 9.90 Å². The first-order valence-corrected chi connectivity index (χ1v) is 4.84. The zero-order chi connectivity index (χ0) is 10.5. The lowest BCUT2D eigenvalue weighted by molar-refractivity contribution is -0.153. The van der Waals surface area contributed by atoms with Gasteiger partial charge in [0, 0.05) is 0 Å². The number of carboxylic acids is 1. The summed E-state index contributed by atoms with van der Waals surface area (Å²) in [6.07, 6.45) is 2.87. The lowest BCUT2D eigenvalue weighted by atomic mass is 9.84. The van der Waals surface area contributed by atoms with E-state index in [1.165, 1.54) is 0 Å². The van der Waals surface area contributed by atoms with E-state index in [2.05, 4.69) is 6.92 Å². The topological polar surface area (TPSA) is 57.5 Å². The summed E-state index contributed by atoms with van der Waals surface area (Å²) in [5.74, 6) is -0.934. The third-order valence-electron chi connectivity index (χ3n) is 2.47. The fraction of sp³-hybridized carbons (Fsp3) is 0.900. The summed E-state index contributed by atoms with van der Waals surface area (Å²) < 4.78 is 0. The molecule has 0 saturated carbocycles. The van der Waals surface area contributed by atoms with E-state index in [4.69, 9.17) is 5.11 Å². The number of carbonyl (C=O) groups is 1. The van der Waals surface area contributed by atoms with Crippen LogP contribution in [-0.2, 0) is 4.79 Å². The van der Waals surface area contributed by atoms with Crippen molar-refractivity contribution in [1.29, 1.82) is 0 Å². The van der Waals surface area contributed by atoms with Crippen LogP contribution in [0.2, 0.25) is 0 Å². The normalized spacial score (nSPS) is 14.2. The highest BCUT2D eigenvalue weighted by atomic mass is 16.4. The molecule has 0 bridgehead atoms. The molecule has 0 saturated heterocycles. The molecule has 0 amide bonds. The first kappa shape index (κ1) is 12.4. The Morgan fingerprint density at radius 2 is 1.92 bits per heavy atom. The van der Waals surface area contributed by atoms with Gasteiger partial charge in [-0.2, -0.15) is 0 Å². The van der Waals surface area contributed by atoms with Gasteiger partial charge in [-0.05, 0) is 20.3 Å². The van der Waals surface area contributed by atoms with Gasteiger partial charge in [0.25, 0.3) is 0 Å². The average molecular weight is 188 g/mol. The van der Waals surface area contributed by atoms with Crippen LogP contribution in [0.5, 0.6) is 0 Å². The molecule has 0 fully saturated rings. The summed E-state index contributed by atoms with van der Waals surface area (Å²) in [6.45, 7) is 5.20. The molecular formula is C10H20O3. The van der Waals surface area contributed by atoms with E-state index in [0.29, 0.717) is 6.42 Å². The Labute approximate surface area is 79.8 Å². The maximum absolute atomic E-state index is 10.7. The maximum Gasteiger partial charge on any atom is 0.311 e. The van der Waals surface area contributed by atoms with Crippen LogP contribution in [0.15, 0.2) is 0 Å². The third kappa shape index (κ3) is 3.77. The second-order valence-electron chi connectivity index (χ2n) is 4.04. The van der Waals surface area contributed by atoms with Crippen molar-refractivity contribution >= 4 is 5.97 Å². The number of hydrogen-bond acceptors (Lipinski definition) is 2. The van der Waals surface area contributed by atoms with Gasteiger partial charge in [0.05, 0.1) is 11.5 Å². The molecule has 13 heavy (non-hydrogen) atoms. The van der Waals surface area contributed by atoms with Crippen molar-refractivity contribution in [2.75, 3.05) is 0 Å². The van der Waals surface area contributed by atoms with Crippen molar-refractivity contribution in [2.45, 2.75) is 52.6 Å². The molecule has 0 aliphatic rings. The lowest BCUT2D eigenvalue weighted by Crippen LogP contribution is -2.36. The highest BCUT2D eigenvalue weighted by molar-refractivity contribution is 5.74. The summed E-state index contributed by atoms with van der Waals surface area (Å²) in [5, 5.41) is 18.4. The molecule has 0 rings (SSSR count). The van der Waals surface area contributed by atoms with Gasteiger partial charge >= 0.3 is 5.97 Å². The zero-order valence-corrected chi connectivity index (χ0v) is 8.71. The van der Waals surface area contributed by atoms with Crippen molar-refractivity contribution in [2.24, 2.45) is 5.41 Å². The van der Waals surface area contributed by atoms with Crippen LogP contribution in [0, 0.1) is 5.41 Å². The summed E-state index contributed by atoms with van der Waals surface area (Å²) in [4.78, 5) is 10.7. The molecular weight excluding hydrogens is 168 g/mol. The summed E-state index contributed by atoms with van der Waals surface area (Å²) in [6, 6.07) is 0. The van der Waals surface area contributed by atoms with Crippen LogP contribution >= 0.6 is 0 Å². The molecule has 0 aromatic heterocycles. The van der Waals surface area contributed by atoms with Gasteiger partial charge in [0.1, 0.15) is 0 Å². The van der Waals surface area contributed by atoms with Gasteiger partial charge in [0.2, 0.25) is 0 Å². The van der Waals surface area contributed by atoms with Crippen molar-refractivity contribution in [1.82, 2.24) is 0 Å². The first-order chi connectivity index (χ1) is 5.92. The van der Waals surface area contributed by atoms with E-state index >= 15 is 0 Å². The largest absolute Gasteiger partial charge is 0.481 e. The van der Waals surface area contributed by atoms with Crippen LogP contribution < -0.4 is 0 Å². The predicted octanol–water partition coefficient (Wildman–Crippen LogP) is 2.04. The van der Waals surface area contributed by atoms with Crippen LogP contribution in [0.4, 0.5) is 0 Å². The molecule has 0 aromatic rings. The Bertz CT molecular complexity index is 164.